The molecule has 2 aromatic rings. The zero-order valence-electron chi connectivity index (χ0n) is 11.2. The molecule has 0 radical (unpaired) electrons. The van der Waals surface area contributed by atoms with Crippen LogP contribution in [0.3, 0.4) is 0 Å². The fourth-order valence-corrected chi connectivity index (χ4v) is 1.94. The molecule has 0 aliphatic carbocycles. The number of nitriles is 1. The van der Waals surface area contributed by atoms with Crippen molar-refractivity contribution in [1.82, 2.24) is 14.8 Å². The SMILES string of the molecule is CCc1nc(CC)n(-c2ccc(N)c(CC#N)c2)n1. The summed E-state index contributed by atoms with van der Waals surface area (Å²) in [4.78, 5) is 4.48. The molecule has 0 atom stereocenters. The summed E-state index contributed by atoms with van der Waals surface area (Å²) in [5.41, 5.74) is 8.23. The maximum atomic E-state index is 8.81. The van der Waals surface area contributed by atoms with Crippen molar-refractivity contribution in [3.05, 3.63) is 35.4 Å². The molecule has 0 saturated carbocycles. The van der Waals surface area contributed by atoms with Crippen LogP contribution < -0.4 is 5.73 Å². The molecule has 0 saturated heterocycles. The lowest BCUT2D eigenvalue weighted by Gasteiger charge is -2.08. The molecule has 2 N–H and O–H groups in total. The molecule has 0 spiro atoms. The van der Waals surface area contributed by atoms with Gasteiger partial charge >= 0.3 is 0 Å². The van der Waals surface area contributed by atoms with Gasteiger partial charge in [0.15, 0.2) is 5.82 Å². The fourth-order valence-electron chi connectivity index (χ4n) is 1.94. The van der Waals surface area contributed by atoms with E-state index in [1.807, 2.05) is 36.7 Å². The predicted octanol–water partition coefficient (Wildman–Crippen LogP) is 2.04. The van der Waals surface area contributed by atoms with Crippen molar-refractivity contribution < 1.29 is 0 Å². The van der Waals surface area contributed by atoms with Crippen LogP contribution in [0.25, 0.3) is 5.69 Å². The highest BCUT2D eigenvalue weighted by Crippen LogP contribution is 2.18. The van der Waals surface area contributed by atoms with Gasteiger partial charge in [0.05, 0.1) is 18.2 Å². The van der Waals surface area contributed by atoms with Gasteiger partial charge in [-0.15, -0.1) is 0 Å². The summed E-state index contributed by atoms with van der Waals surface area (Å²) in [6.07, 6.45) is 1.92. The van der Waals surface area contributed by atoms with Gasteiger partial charge in [0.25, 0.3) is 0 Å². The highest BCUT2D eigenvalue weighted by atomic mass is 15.3. The average molecular weight is 255 g/mol. The molecule has 1 heterocycles. The van der Waals surface area contributed by atoms with Crippen molar-refractivity contribution in [3.8, 4) is 11.8 Å². The Bertz CT molecular complexity index is 621. The number of hydrogen-bond acceptors (Lipinski definition) is 4. The van der Waals surface area contributed by atoms with Crippen LogP contribution in [-0.4, -0.2) is 14.8 Å². The summed E-state index contributed by atoms with van der Waals surface area (Å²) in [6.45, 7) is 4.08. The standard InChI is InChI=1S/C14H17N5/c1-3-13-17-14(4-2)19(18-13)11-5-6-12(16)10(9-11)7-8-15/h5-6,9H,3-4,7,16H2,1-2H3. The van der Waals surface area contributed by atoms with Crippen LogP contribution in [0, 0.1) is 11.3 Å². The van der Waals surface area contributed by atoms with E-state index in [0.717, 1.165) is 35.7 Å². The number of nitrogens with two attached hydrogens (primary N) is 1. The highest BCUT2D eigenvalue weighted by Gasteiger charge is 2.10. The quantitative estimate of drug-likeness (QED) is 0.848. The molecule has 0 aliphatic heterocycles. The van der Waals surface area contributed by atoms with Gasteiger partial charge < -0.3 is 5.73 Å². The summed E-state index contributed by atoms with van der Waals surface area (Å²) >= 11 is 0. The first-order valence-electron chi connectivity index (χ1n) is 6.40. The largest absolute Gasteiger partial charge is 0.398 e. The molecule has 2 rings (SSSR count). The first-order chi connectivity index (χ1) is 9.19. The van der Waals surface area contributed by atoms with E-state index in [0.29, 0.717) is 12.1 Å². The Morgan fingerprint density at radius 3 is 2.74 bits per heavy atom. The van der Waals surface area contributed by atoms with Crippen molar-refractivity contribution in [2.75, 3.05) is 5.73 Å². The van der Waals surface area contributed by atoms with Crippen LogP contribution in [0.15, 0.2) is 18.2 Å². The van der Waals surface area contributed by atoms with E-state index in [1.165, 1.54) is 0 Å². The Morgan fingerprint density at radius 2 is 2.11 bits per heavy atom. The second kappa shape index (κ2) is 5.53. The van der Waals surface area contributed by atoms with Crippen molar-refractivity contribution >= 4 is 5.69 Å². The van der Waals surface area contributed by atoms with Crippen LogP contribution in [0.1, 0.15) is 31.1 Å². The fraction of sp³-hybridized carbons (Fsp3) is 0.357. The van der Waals surface area contributed by atoms with E-state index in [-0.39, 0.29) is 0 Å². The summed E-state index contributed by atoms with van der Waals surface area (Å²) in [6, 6.07) is 7.75. The molecule has 0 bridgehead atoms. The van der Waals surface area contributed by atoms with E-state index in [4.69, 9.17) is 11.0 Å². The smallest absolute Gasteiger partial charge is 0.151 e. The molecule has 19 heavy (non-hydrogen) atoms. The van der Waals surface area contributed by atoms with Crippen molar-refractivity contribution in [3.63, 3.8) is 0 Å². The molecule has 5 heteroatoms. The average Bonchev–Trinajstić information content (AvgIpc) is 2.85. The lowest BCUT2D eigenvalue weighted by Crippen LogP contribution is -2.04. The van der Waals surface area contributed by atoms with Crippen LogP contribution >= 0.6 is 0 Å². The first-order valence-corrected chi connectivity index (χ1v) is 6.40. The van der Waals surface area contributed by atoms with Gasteiger partial charge in [-0.2, -0.15) is 10.4 Å². The van der Waals surface area contributed by atoms with Gasteiger partial charge in [-0.1, -0.05) is 13.8 Å². The summed E-state index contributed by atoms with van der Waals surface area (Å²) in [7, 11) is 0. The second-order valence-corrected chi connectivity index (χ2v) is 4.28. The minimum Gasteiger partial charge on any atom is -0.398 e. The Balaban J connectivity index is 2.49. The number of nitrogens with zero attached hydrogens (tertiary/aromatic N) is 4. The van der Waals surface area contributed by atoms with Crippen molar-refractivity contribution in [2.45, 2.75) is 33.1 Å². The van der Waals surface area contributed by atoms with Gasteiger partial charge in [0, 0.05) is 18.5 Å². The topological polar surface area (TPSA) is 80.5 Å². The van der Waals surface area contributed by atoms with E-state index < -0.39 is 0 Å². The maximum absolute atomic E-state index is 8.81. The van der Waals surface area contributed by atoms with Crippen LogP contribution in [-0.2, 0) is 19.3 Å². The summed E-state index contributed by atoms with van der Waals surface area (Å²) < 4.78 is 1.83. The number of aryl methyl sites for hydroxylation is 2. The molecule has 0 fully saturated rings. The maximum Gasteiger partial charge on any atom is 0.151 e. The minimum atomic E-state index is 0.302. The summed E-state index contributed by atoms with van der Waals surface area (Å²) in [5, 5.41) is 13.3. The molecule has 1 aromatic carbocycles. The Kier molecular flexibility index (Phi) is 3.81. The van der Waals surface area contributed by atoms with E-state index in [1.54, 1.807) is 0 Å². The molecular weight excluding hydrogens is 238 g/mol. The van der Waals surface area contributed by atoms with Gasteiger partial charge in [-0.3, -0.25) is 0 Å². The zero-order chi connectivity index (χ0) is 13.8. The number of rotatable bonds is 4. The number of nitrogen functional groups attached to an aromatic ring is 1. The van der Waals surface area contributed by atoms with Gasteiger partial charge in [0.2, 0.25) is 0 Å². The zero-order valence-corrected chi connectivity index (χ0v) is 11.2. The van der Waals surface area contributed by atoms with Crippen molar-refractivity contribution in [2.24, 2.45) is 0 Å². The van der Waals surface area contributed by atoms with Crippen LogP contribution in [0.5, 0.6) is 0 Å². The molecule has 0 unspecified atom stereocenters. The van der Waals surface area contributed by atoms with Gasteiger partial charge in [0.1, 0.15) is 5.82 Å². The van der Waals surface area contributed by atoms with Crippen LogP contribution in [0.2, 0.25) is 0 Å². The van der Waals surface area contributed by atoms with E-state index in [9.17, 15) is 0 Å². The number of hydrogen-bond donors (Lipinski definition) is 1. The molecule has 5 nitrogen and oxygen atoms in total. The molecule has 98 valence electrons. The predicted molar refractivity (Wildman–Crippen MR) is 73.8 cm³/mol. The highest BCUT2D eigenvalue weighted by molar-refractivity contribution is 5.53. The molecular formula is C14H17N5. The lowest BCUT2D eigenvalue weighted by atomic mass is 10.1. The number of anilines is 1. The third-order valence-corrected chi connectivity index (χ3v) is 2.99. The molecule has 0 aliphatic rings. The third-order valence-electron chi connectivity index (χ3n) is 2.99. The number of benzene rings is 1. The third kappa shape index (κ3) is 2.58. The summed E-state index contributed by atoms with van der Waals surface area (Å²) in [5.74, 6) is 1.75. The van der Waals surface area contributed by atoms with E-state index in [2.05, 4.69) is 16.2 Å². The minimum absolute atomic E-state index is 0.302. The van der Waals surface area contributed by atoms with Crippen LogP contribution in [0.4, 0.5) is 5.69 Å². The number of aromatic nitrogens is 3. The second-order valence-electron chi connectivity index (χ2n) is 4.28. The van der Waals surface area contributed by atoms with Gasteiger partial charge in [-0.25, -0.2) is 9.67 Å². The van der Waals surface area contributed by atoms with E-state index >= 15 is 0 Å². The Hall–Kier alpha value is -2.35. The van der Waals surface area contributed by atoms with Gasteiger partial charge in [-0.05, 0) is 23.8 Å². The first kappa shape index (κ1) is 13.1. The molecule has 1 aromatic heterocycles. The lowest BCUT2D eigenvalue weighted by molar-refractivity contribution is 0.790. The Morgan fingerprint density at radius 1 is 1.32 bits per heavy atom. The molecule has 0 amide bonds. The van der Waals surface area contributed by atoms with Crippen molar-refractivity contribution in [1.29, 1.82) is 5.26 Å². The normalized spacial score (nSPS) is 10.4. The monoisotopic (exact) mass is 255 g/mol. The Labute approximate surface area is 112 Å².